The van der Waals surface area contributed by atoms with Crippen LogP contribution in [0.25, 0.3) is 0 Å². The van der Waals surface area contributed by atoms with Gasteiger partial charge in [0, 0.05) is 30.9 Å². The van der Waals surface area contributed by atoms with Gasteiger partial charge < -0.3 is 25.4 Å². The summed E-state index contributed by atoms with van der Waals surface area (Å²) in [6, 6.07) is 7.03. The number of hydrogen-bond acceptors (Lipinski definition) is 5. The fraction of sp³-hybridized carbons (Fsp3) is 0.533. The Bertz CT molecular complexity index is 493. The lowest BCUT2D eigenvalue weighted by Crippen LogP contribution is -2.43. The van der Waals surface area contributed by atoms with Gasteiger partial charge in [0.25, 0.3) is 5.91 Å². The Kier molecular flexibility index (Phi) is 5.03. The second kappa shape index (κ2) is 6.78. The molecule has 0 saturated carbocycles. The summed E-state index contributed by atoms with van der Waals surface area (Å²) < 4.78 is 5.48. The van der Waals surface area contributed by atoms with Crippen LogP contribution in [0.3, 0.4) is 0 Å². The first-order chi connectivity index (χ1) is 9.95. The topological polar surface area (TPSA) is 79.0 Å². The predicted molar refractivity (Wildman–Crippen MR) is 81.0 cm³/mol. The minimum absolute atomic E-state index is 0.0342. The van der Waals surface area contributed by atoms with E-state index in [2.05, 4.69) is 0 Å². The van der Waals surface area contributed by atoms with Gasteiger partial charge in [-0.05, 0) is 32.6 Å². The van der Waals surface area contributed by atoms with Crippen molar-refractivity contribution in [2.24, 2.45) is 0 Å². The number of hydrogen-bond donors (Lipinski definition) is 2. The Hall–Kier alpha value is -1.79. The Morgan fingerprint density at radius 1 is 1.52 bits per heavy atom. The van der Waals surface area contributed by atoms with Crippen LogP contribution in [0.5, 0.6) is 5.75 Å². The van der Waals surface area contributed by atoms with Crippen LogP contribution in [0.2, 0.25) is 0 Å². The molecule has 1 saturated heterocycles. The van der Waals surface area contributed by atoms with Crippen LogP contribution < -0.4 is 10.5 Å². The lowest BCUT2D eigenvalue weighted by molar-refractivity contribution is -0.134. The zero-order chi connectivity index (χ0) is 15.4. The van der Waals surface area contributed by atoms with E-state index in [0.717, 1.165) is 6.54 Å². The monoisotopic (exact) mass is 293 g/mol. The molecule has 1 heterocycles. The van der Waals surface area contributed by atoms with Gasteiger partial charge in [-0.15, -0.1) is 0 Å². The maximum absolute atomic E-state index is 12.3. The molecule has 2 atom stereocenters. The van der Waals surface area contributed by atoms with Crippen LogP contribution in [0.15, 0.2) is 24.3 Å². The number of nitrogen functional groups attached to an aromatic ring is 1. The third-order valence-corrected chi connectivity index (χ3v) is 3.51. The molecule has 2 rings (SSSR count). The number of anilines is 1. The van der Waals surface area contributed by atoms with Crippen molar-refractivity contribution in [2.45, 2.75) is 18.6 Å². The number of benzene rings is 1. The molecule has 1 aliphatic rings. The highest BCUT2D eigenvalue weighted by atomic mass is 16.5. The van der Waals surface area contributed by atoms with Crippen molar-refractivity contribution in [1.82, 2.24) is 9.80 Å². The highest BCUT2D eigenvalue weighted by molar-refractivity contribution is 5.78. The highest BCUT2D eigenvalue weighted by Crippen LogP contribution is 2.20. The molecule has 1 aromatic rings. The number of likely N-dealkylation sites (N-methyl/N-ethyl adjacent to an activating group) is 1. The van der Waals surface area contributed by atoms with Gasteiger partial charge in [-0.25, -0.2) is 0 Å². The number of ether oxygens (including phenoxy) is 1. The maximum atomic E-state index is 12.3. The van der Waals surface area contributed by atoms with E-state index in [1.165, 1.54) is 0 Å². The van der Waals surface area contributed by atoms with Gasteiger partial charge >= 0.3 is 0 Å². The maximum Gasteiger partial charge on any atom is 0.260 e. The van der Waals surface area contributed by atoms with Crippen molar-refractivity contribution in [2.75, 3.05) is 39.5 Å². The smallest absolute Gasteiger partial charge is 0.260 e. The molecule has 0 aliphatic carbocycles. The van der Waals surface area contributed by atoms with Crippen LogP contribution in [-0.2, 0) is 4.79 Å². The molecule has 1 fully saturated rings. The molecule has 1 aromatic carbocycles. The lowest BCUT2D eigenvalue weighted by Gasteiger charge is -2.26. The molecular weight excluding hydrogens is 270 g/mol. The molecule has 21 heavy (non-hydrogen) atoms. The average Bonchev–Trinajstić information content (AvgIpc) is 2.76. The third kappa shape index (κ3) is 4.34. The summed E-state index contributed by atoms with van der Waals surface area (Å²) in [6.45, 7) is 1.07. The molecular formula is C15H23N3O3. The quantitative estimate of drug-likeness (QED) is 0.757. The summed E-state index contributed by atoms with van der Waals surface area (Å²) in [5.74, 6) is 0.466. The number of likely N-dealkylation sites (tertiary alicyclic amines) is 1. The SMILES string of the molecule is CN(C)CC1CC(O)CN1C(=O)COc1cccc(N)c1. The average molecular weight is 293 g/mol. The molecule has 0 bridgehead atoms. The second-order valence-electron chi connectivity index (χ2n) is 5.71. The van der Waals surface area contributed by atoms with Crippen LogP contribution >= 0.6 is 0 Å². The number of nitrogens with zero attached hydrogens (tertiary/aromatic N) is 2. The van der Waals surface area contributed by atoms with Gasteiger partial charge in [0.2, 0.25) is 0 Å². The lowest BCUT2D eigenvalue weighted by atomic mass is 10.2. The summed E-state index contributed by atoms with van der Waals surface area (Å²) >= 11 is 0. The van der Waals surface area contributed by atoms with E-state index in [9.17, 15) is 9.90 Å². The van der Waals surface area contributed by atoms with Crippen molar-refractivity contribution in [3.05, 3.63) is 24.3 Å². The third-order valence-electron chi connectivity index (χ3n) is 3.51. The van der Waals surface area contributed by atoms with E-state index in [-0.39, 0.29) is 18.6 Å². The number of rotatable bonds is 5. The Morgan fingerprint density at radius 2 is 2.29 bits per heavy atom. The van der Waals surface area contributed by atoms with E-state index in [1.54, 1.807) is 29.2 Å². The Balaban J connectivity index is 1.92. The van der Waals surface area contributed by atoms with Crippen LogP contribution in [0.4, 0.5) is 5.69 Å². The van der Waals surface area contributed by atoms with Crippen molar-refractivity contribution in [3.8, 4) is 5.75 Å². The number of β-amino-alcohol motifs (C(OH)–C–C–N with tert-alkyl or cyclic N) is 1. The molecule has 6 nitrogen and oxygen atoms in total. The molecule has 0 aromatic heterocycles. The van der Waals surface area contributed by atoms with Crippen LogP contribution in [0, 0.1) is 0 Å². The fourth-order valence-corrected chi connectivity index (χ4v) is 2.62. The van der Waals surface area contributed by atoms with Gasteiger partial charge in [-0.2, -0.15) is 0 Å². The molecule has 116 valence electrons. The zero-order valence-electron chi connectivity index (χ0n) is 12.5. The van der Waals surface area contributed by atoms with E-state index in [1.807, 2.05) is 19.0 Å². The van der Waals surface area contributed by atoms with E-state index >= 15 is 0 Å². The fourth-order valence-electron chi connectivity index (χ4n) is 2.62. The van der Waals surface area contributed by atoms with Gasteiger partial charge in [-0.1, -0.05) is 6.07 Å². The molecule has 3 N–H and O–H groups in total. The minimum Gasteiger partial charge on any atom is -0.484 e. The summed E-state index contributed by atoms with van der Waals surface area (Å²) in [7, 11) is 3.91. The van der Waals surface area contributed by atoms with Crippen LogP contribution in [0.1, 0.15) is 6.42 Å². The van der Waals surface area contributed by atoms with Gasteiger partial charge in [0.1, 0.15) is 5.75 Å². The normalized spacial score (nSPS) is 21.8. The highest BCUT2D eigenvalue weighted by Gasteiger charge is 2.34. The molecule has 0 spiro atoms. The van der Waals surface area contributed by atoms with E-state index < -0.39 is 6.10 Å². The first-order valence-electron chi connectivity index (χ1n) is 7.06. The molecule has 2 unspecified atom stereocenters. The van der Waals surface area contributed by atoms with Crippen LogP contribution in [-0.4, -0.2) is 66.8 Å². The van der Waals surface area contributed by atoms with E-state index in [4.69, 9.17) is 10.5 Å². The van der Waals surface area contributed by atoms with Crippen molar-refractivity contribution in [3.63, 3.8) is 0 Å². The zero-order valence-corrected chi connectivity index (χ0v) is 12.5. The Labute approximate surface area is 125 Å². The molecule has 1 aliphatic heterocycles. The summed E-state index contributed by atoms with van der Waals surface area (Å²) in [6.07, 6.45) is 0.161. The standard InChI is InChI=1S/C15H23N3O3/c1-17(2)8-12-7-13(19)9-18(12)15(20)10-21-14-5-3-4-11(16)6-14/h3-6,12-13,19H,7-10,16H2,1-2H3. The van der Waals surface area contributed by atoms with Gasteiger partial charge in [0.05, 0.1) is 6.10 Å². The first kappa shape index (κ1) is 15.6. The molecule has 0 radical (unpaired) electrons. The van der Waals surface area contributed by atoms with Crippen molar-refractivity contribution in [1.29, 1.82) is 0 Å². The van der Waals surface area contributed by atoms with E-state index in [0.29, 0.717) is 24.4 Å². The number of amides is 1. The van der Waals surface area contributed by atoms with Crippen molar-refractivity contribution >= 4 is 11.6 Å². The summed E-state index contributed by atoms with van der Waals surface area (Å²) in [5.41, 5.74) is 6.27. The second-order valence-corrected chi connectivity index (χ2v) is 5.71. The Morgan fingerprint density at radius 3 is 2.95 bits per heavy atom. The number of aliphatic hydroxyl groups excluding tert-OH is 1. The predicted octanol–water partition coefficient (Wildman–Crippen LogP) is 0.171. The van der Waals surface area contributed by atoms with Gasteiger partial charge in [-0.3, -0.25) is 4.79 Å². The summed E-state index contributed by atoms with van der Waals surface area (Å²) in [5, 5.41) is 9.78. The minimum atomic E-state index is -0.453. The molecule has 6 heteroatoms. The number of nitrogens with two attached hydrogens (primary N) is 1. The largest absolute Gasteiger partial charge is 0.484 e. The molecule has 1 amide bonds. The number of aliphatic hydroxyl groups is 1. The number of carbonyl (C=O) groups is 1. The van der Waals surface area contributed by atoms with Crippen molar-refractivity contribution < 1.29 is 14.6 Å². The number of carbonyl (C=O) groups excluding carboxylic acids is 1. The summed E-state index contributed by atoms with van der Waals surface area (Å²) in [4.78, 5) is 16.0. The van der Waals surface area contributed by atoms with Gasteiger partial charge in [0.15, 0.2) is 6.61 Å². The first-order valence-corrected chi connectivity index (χ1v) is 7.06.